The van der Waals surface area contributed by atoms with Gasteiger partial charge in [-0.05, 0) is 43.2 Å². The number of aromatic nitrogens is 3. The molecule has 1 amide bonds. The number of hydrogen-bond acceptors (Lipinski definition) is 5. The summed E-state index contributed by atoms with van der Waals surface area (Å²) in [7, 11) is 0. The molecule has 2 aromatic carbocycles. The second kappa shape index (κ2) is 7.14. The Kier molecular flexibility index (Phi) is 4.53. The van der Waals surface area contributed by atoms with Crippen molar-refractivity contribution in [3.63, 3.8) is 0 Å². The van der Waals surface area contributed by atoms with E-state index in [2.05, 4.69) is 15.5 Å². The van der Waals surface area contributed by atoms with E-state index in [1.165, 1.54) is 43.5 Å². The SMILES string of the molecule is O=C(Nc1ccc2nn(C3CCCCC3)nc2c1)c1ccc([N+](=O)[O-])cc1. The summed E-state index contributed by atoms with van der Waals surface area (Å²) < 4.78 is 0. The molecule has 3 aromatic rings. The molecule has 4 rings (SSSR count). The number of non-ortho nitro benzene ring substituents is 1. The van der Waals surface area contributed by atoms with Gasteiger partial charge in [-0.1, -0.05) is 19.3 Å². The molecule has 1 saturated carbocycles. The molecular formula is C19H19N5O3. The van der Waals surface area contributed by atoms with Gasteiger partial charge in [0, 0.05) is 23.4 Å². The third-order valence-corrected chi connectivity index (χ3v) is 4.90. The number of carbonyl (C=O) groups is 1. The quantitative estimate of drug-likeness (QED) is 0.554. The summed E-state index contributed by atoms with van der Waals surface area (Å²) in [5, 5.41) is 22.7. The maximum absolute atomic E-state index is 12.4. The van der Waals surface area contributed by atoms with Gasteiger partial charge in [0.2, 0.25) is 0 Å². The summed E-state index contributed by atoms with van der Waals surface area (Å²) in [5.74, 6) is -0.330. The lowest BCUT2D eigenvalue weighted by Crippen LogP contribution is -2.15. The number of nitrogens with zero attached hydrogens (tertiary/aromatic N) is 4. The van der Waals surface area contributed by atoms with Gasteiger partial charge in [-0.2, -0.15) is 15.0 Å². The van der Waals surface area contributed by atoms with Crippen LogP contribution >= 0.6 is 0 Å². The highest BCUT2D eigenvalue weighted by atomic mass is 16.6. The summed E-state index contributed by atoms with van der Waals surface area (Å²) >= 11 is 0. The van der Waals surface area contributed by atoms with E-state index in [4.69, 9.17) is 0 Å². The van der Waals surface area contributed by atoms with Crippen molar-refractivity contribution in [1.82, 2.24) is 15.0 Å². The Labute approximate surface area is 155 Å². The van der Waals surface area contributed by atoms with E-state index in [9.17, 15) is 14.9 Å². The third kappa shape index (κ3) is 3.64. The molecule has 0 spiro atoms. The summed E-state index contributed by atoms with van der Waals surface area (Å²) in [6.45, 7) is 0. The number of nitro groups is 1. The average Bonchev–Trinajstić information content (AvgIpc) is 3.12. The second-order valence-electron chi connectivity index (χ2n) is 6.77. The van der Waals surface area contributed by atoms with Gasteiger partial charge in [0.15, 0.2) is 0 Å². The Hall–Kier alpha value is -3.29. The van der Waals surface area contributed by atoms with Crippen LogP contribution < -0.4 is 5.32 Å². The minimum absolute atomic E-state index is 0.0488. The first kappa shape index (κ1) is 17.1. The molecule has 27 heavy (non-hydrogen) atoms. The standard InChI is InChI=1S/C19H19N5O3/c25-19(13-6-9-16(10-7-13)24(26)27)20-14-8-11-17-18(12-14)22-23(21-17)15-4-2-1-3-5-15/h6-12,15H,1-5H2,(H,20,25). The Morgan fingerprint density at radius 3 is 2.44 bits per heavy atom. The lowest BCUT2D eigenvalue weighted by Gasteiger charge is -2.20. The highest BCUT2D eigenvalue weighted by molar-refractivity contribution is 6.05. The minimum atomic E-state index is -0.495. The molecule has 138 valence electrons. The molecule has 8 nitrogen and oxygen atoms in total. The van der Waals surface area contributed by atoms with Crippen LogP contribution in [0.15, 0.2) is 42.5 Å². The van der Waals surface area contributed by atoms with Crippen molar-refractivity contribution < 1.29 is 9.72 Å². The lowest BCUT2D eigenvalue weighted by molar-refractivity contribution is -0.384. The molecule has 0 aliphatic heterocycles. The van der Waals surface area contributed by atoms with Gasteiger partial charge in [0.25, 0.3) is 11.6 Å². The fourth-order valence-electron chi connectivity index (χ4n) is 3.42. The van der Waals surface area contributed by atoms with Crippen LogP contribution in [0.1, 0.15) is 48.5 Å². The predicted molar refractivity (Wildman–Crippen MR) is 101 cm³/mol. The molecule has 8 heteroatoms. The zero-order valence-corrected chi connectivity index (χ0v) is 14.7. The van der Waals surface area contributed by atoms with E-state index in [1.54, 1.807) is 12.1 Å². The number of nitrogens with one attached hydrogen (secondary N) is 1. The van der Waals surface area contributed by atoms with E-state index in [0.717, 1.165) is 23.9 Å². The van der Waals surface area contributed by atoms with Gasteiger partial charge in [-0.15, -0.1) is 0 Å². The van der Waals surface area contributed by atoms with Crippen molar-refractivity contribution in [1.29, 1.82) is 0 Å². The zero-order chi connectivity index (χ0) is 18.8. The number of fused-ring (bicyclic) bond motifs is 1. The number of amides is 1. The summed E-state index contributed by atoms with van der Waals surface area (Å²) in [6.07, 6.45) is 5.89. The van der Waals surface area contributed by atoms with Crippen LogP contribution in [0.4, 0.5) is 11.4 Å². The molecule has 1 aliphatic rings. The number of nitro benzene ring substituents is 1. The van der Waals surface area contributed by atoms with Crippen molar-refractivity contribution >= 4 is 28.3 Å². The summed E-state index contributed by atoms with van der Waals surface area (Å²) in [4.78, 5) is 24.4. The topological polar surface area (TPSA) is 103 Å². The van der Waals surface area contributed by atoms with Crippen molar-refractivity contribution in [3.05, 3.63) is 58.1 Å². The largest absolute Gasteiger partial charge is 0.322 e. The molecule has 1 fully saturated rings. The van der Waals surface area contributed by atoms with Crippen LogP contribution in [-0.4, -0.2) is 25.8 Å². The highest BCUT2D eigenvalue weighted by Crippen LogP contribution is 2.28. The van der Waals surface area contributed by atoms with E-state index in [-0.39, 0.29) is 11.6 Å². The van der Waals surface area contributed by atoms with Crippen LogP contribution in [0.2, 0.25) is 0 Å². The van der Waals surface area contributed by atoms with Crippen molar-refractivity contribution in [3.8, 4) is 0 Å². The molecule has 0 radical (unpaired) electrons. The van der Waals surface area contributed by atoms with Crippen molar-refractivity contribution in [2.45, 2.75) is 38.1 Å². The molecule has 1 aromatic heterocycles. The molecule has 1 heterocycles. The molecular weight excluding hydrogens is 346 g/mol. The fourth-order valence-corrected chi connectivity index (χ4v) is 3.42. The van der Waals surface area contributed by atoms with Crippen LogP contribution in [-0.2, 0) is 0 Å². The van der Waals surface area contributed by atoms with Gasteiger partial charge in [0.05, 0.1) is 11.0 Å². The Bertz CT molecular complexity index is 990. The second-order valence-corrected chi connectivity index (χ2v) is 6.77. The van der Waals surface area contributed by atoms with E-state index in [0.29, 0.717) is 17.3 Å². The summed E-state index contributed by atoms with van der Waals surface area (Å²) in [5.41, 5.74) is 2.45. The first-order valence-corrected chi connectivity index (χ1v) is 9.02. The van der Waals surface area contributed by atoms with Crippen LogP contribution in [0.3, 0.4) is 0 Å². The smallest absolute Gasteiger partial charge is 0.269 e. The van der Waals surface area contributed by atoms with Gasteiger partial charge in [0.1, 0.15) is 11.0 Å². The Balaban J connectivity index is 1.51. The van der Waals surface area contributed by atoms with Crippen molar-refractivity contribution in [2.75, 3.05) is 5.32 Å². The van der Waals surface area contributed by atoms with E-state index >= 15 is 0 Å². The maximum Gasteiger partial charge on any atom is 0.269 e. The number of rotatable bonds is 4. The predicted octanol–water partition coefficient (Wildman–Crippen LogP) is 4.10. The van der Waals surface area contributed by atoms with Crippen LogP contribution in [0, 0.1) is 10.1 Å². The van der Waals surface area contributed by atoms with Crippen LogP contribution in [0.5, 0.6) is 0 Å². The van der Waals surface area contributed by atoms with E-state index in [1.807, 2.05) is 10.9 Å². The van der Waals surface area contributed by atoms with E-state index < -0.39 is 4.92 Å². The first-order chi connectivity index (χ1) is 13.1. The lowest BCUT2D eigenvalue weighted by atomic mass is 9.96. The number of anilines is 1. The molecule has 0 saturated heterocycles. The number of carbonyl (C=O) groups excluding carboxylic acids is 1. The third-order valence-electron chi connectivity index (χ3n) is 4.90. The Morgan fingerprint density at radius 2 is 1.74 bits per heavy atom. The molecule has 0 atom stereocenters. The minimum Gasteiger partial charge on any atom is -0.322 e. The fraction of sp³-hybridized carbons (Fsp3) is 0.316. The number of hydrogen-bond donors (Lipinski definition) is 1. The normalized spacial score (nSPS) is 15.0. The first-order valence-electron chi connectivity index (χ1n) is 9.02. The molecule has 0 bridgehead atoms. The monoisotopic (exact) mass is 365 g/mol. The number of benzene rings is 2. The molecule has 1 aliphatic carbocycles. The van der Waals surface area contributed by atoms with Gasteiger partial charge >= 0.3 is 0 Å². The van der Waals surface area contributed by atoms with Crippen LogP contribution in [0.25, 0.3) is 11.0 Å². The van der Waals surface area contributed by atoms with Gasteiger partial charge in [-0.3, -0.25) is 14.9 Å². The molecule has 0 unspecified atom stereocenters. The highest BCUT2D eigenvalue weighted by Gasteiger charge is 2.18. The van der Waals surface area contributed by atoms with Crippen molar-refractivity contribution in [2.24, 2.45) is 0 Å². The van der Waals surface area contributed by atoms with Gasteiger partial charge < -0.3 is 5.32 Å². The van der Waals surface area contributed by atoms with Gasteiger partial charge in [-0.25, -0.2) is 0 Å². The zero-order valence-electron chi connectivity index (χ0n) is 14.7. The average molecular weight is 365 g/mol. The Morgan fingerprint density at radius 1 is 1.04 bits per heavy atom. The maximum atomic E-state index is 12.4. The molecule has 1 N–H and O–H groups in total. The summed E-state index contributed by atoms with van der Waals surface area (Å²) in [6, 6.07) is 11.3.